The molecule has 1 unspecified atom stereocenters. The average Bonchev–Trinajstić information content (AvgIpc) is 2.62. The highest BCUT2D eigenvalue weighted by atomic mass is 16.5. The minimum absolute atomic E-state index is 0.00961. The fraction of sp³-hybridized carbons (Fsp3) is 0.316. The number of carbonyl (C=O) groups is 2. The molecule has 0 saturated heterocycles. The minimum Gasteiger partial charge on any atom is -0.506 e. The number of aromatic hydroxyl groups is 1. The number of amides is 1. The Morgan fingerprint density at radius 2 is 1.92 bits per heavy atom. The molecule has 2 aromatic rings. The second-order valence-corrected chi connectivity index (χ2v) is 5.96. The number of alkyl carbamates (subject to hydrolysis) is 1. The number of rotatable bonds is 8. The number of nitrogens with one attached hydrogen (secondary N) is 1. The van der Waals surface area contributed by atoms with Gasteiger partial charge in [-0.05, 0) is 31.0 Å². The van der Waals surface area contributed by atoms with Crippen LogP contribution in [-0.4, -0.2) is 33.3 Å². The van der Waals surface area contributed by atoms with Crippen molar-refractivity contribution < 1.29 is 24.5 Å². The fourth-order valence-electron chi connectivity index (χ4n) is 2.44. The van der Waals surface area contributed by atoms with Gasteiger partial charge in [0.05, 0.1) is 5.69 Å². The Morgan fingerprint density at radius 1 is 1.19 bits per heavy atom. The van der Waals surface area contributed by atoms with E-state index in [1.165, 1.54) is 6.07 Å². The van der Waals surface area contributed by atoms with Crippen molar-refractivity contribution in [2.75, 3.05) is 0 Å². The summed E-state index contributed by atoms with van der Waals surface area (Å²) < 4.78 is 5.18. The molecule has 1 heterocycles. The number of aliphatic carboxylic acids is 1. The van der Waals surface area contributed by atoms with Crippen molar-refractivity contribution in [2.24, 2.45) is 0 Å². The topological polar surface area (TPSA) is 109 Å². The highest BCUT2D eigenvalue weighted by Gasteiger charge is 2.18. The Balaban J connectivity index is 1.98. The minimum atomic E-state index is -0.962. The van der Waals surface area contributed by atoms with E-state index in [9.17, 15) is 14.7 Å². The van der Waals surface area contributed by atoms with E-state index >= 15 is 0 Å². The molecule has 138 valence electrons. The maximum atomic E-state index is 12.0. The van der Waals surface area contributed by atoms with Crippen LogP contribution in [0, 0.1) is 6.92 Å². The van der Waals surface area contributed by atoms with E-state index in [1.54, 1.807) is 13.0 Å². The van der Waals surface area contributed by atoms with Gasteiger partial charge in [-0.2, -0.15) is 0 Å². The van der Waals surface area contributed by atoms with E-state index in [-0.39, 0.29) is 31.6 Å². The molecule has 26 heavy (non-hydrogen) atoms. The van der Waals surface area contributed by atoms with Gasteiger partial charge in [-0.15, -0.1) is 0 Å². The number of pyridine rings is 1. The Morgan fingerprint density at radius 3 is 2.62 bits per heavy atom. The number of aryl methyl sites for hydroxylation is 1. The van der Waals surface area contributed by atoms with E-state index in [1.807, 2.05) is 30.3 Å². The zero-order valence-electron chi connectivity index (χ0n) is 14.5. The van der Waals surface area contributed by atoms with E-state index in [0.29, 0.717) is 5.69 Å². The molecule has 0 saturated carbocycles. The number of ether oxygens (including phenoxy) is 1. The number of benzene rings is 1. The van der Waals surface area contributed by atoms with Crippen molar-refractivity contribution in [1.82, 2.24) is 10.3 Å². The molecular weight excluding hydrogens is 336 g/mol. The summed E-state index contributed by atoms with van der Waals surface area (Å²) in [5, 5.41) is 21.5. The number of carboxylic acids is 1. The predicted octanol–water partition coefficient (Wildman–Crippen LogP) is 2.80. The number of hydrogen-bond acceptors (Lipinski definition) is 5. The molecular formula is C19H22N2O5. The van der Waals surface area contributed by atoms with E-state index in [0.717, 1.165) is 11.3 Å². The lowest BCUT2D eigenvalue weighted by Gasteiger charge is -2.18. The summed E-state index contributed by atoms with van der Waals surface area (Å²) in [6.45, 7) is 1.91. The molecule has 1 atom stereocenters. The summed E-state index contributed by atoms with van der Waals surface area (Å²) in [6, 6.07) is 11.9. The van der Waals surface area contributed by atoms with Gasteiger partial charge in [-0.3, -0.25) is 9.78 Å². The molecule has 3 N–H and O–H groups in total. The van der Waals surface area contributed by atoms with Crippen molar-refractivity contribution in [1.29, 1.82) is 0 Å². The molecule has 1 aromatic heterocycles. The molecule has 0 spiro atoms. The van der Waals surface area contributed by atoms with Gasteiger partial charge in [0.25, 0.3) is 0 Å². The SMILES string of the molecule is Cc1ccc(O)c(CC(CCC(=O)O)NC(=O)OCc2ccccc2)n1. The molecule has 7 heteroatoms. The van der Waals surface area contributed by atoms with E-state index in [4.69, 9.17) is 9.84 Å². The smallest absolute Gasteiger partial charge is 0.407 e. The van der Waals surface area contributed by atoms with Crippen molar-refractivity contribution in [3.05, 3.63) is 59.4 Å². The van der Waals surface area contributed by atoms with Crippen molar-refractivity contribution in [3.63, 3.8) is 0 Å². The van der Waals surface area contributed by atoms with Crippen molar-refractivity contribution in [2.45, 2.75) is 38.8 Å². The molecule has 0 bridgehead atoms. The summed E-state index contributed by atoms with van der Waals surface area (Å²) >= 11 is 0. The Labute approximate surface area is 151 Å². The van der Waals surface area contributed by atoms with Crippen LogP contribution in [0.3, 0.4) is 0 Å². The molecule has 0 aliphatic heterocycles. The first-order chi connectivity index (χ1) is 12.4. The van der Waals surface area contributed by atoms with Crippen molar-refractivity contribution >= 4 is 12.1 Å². The zero-order valence-corrected chi connectivity index (χ0v) is 14.5. The highest BCUT2D eigenvalue weighted by molar-refractivity contribution is 5.68. The average molecular weight is 358 g/mol. The summed E-state index contributed by atoms with van der Waals surface area (Å²) in [4.78, 5) is 27.2. The summed E-state index contributed by atoms with van der Waals surface area (Å²) in [5.41, 5.74) is 1.98. The van der Waals surface area contributed by atoms with Crippen LogP contribution in [0.2, 0.25) is 0 Å². The van der Waals surface area contributed by atoms with E-state index < -0.39 is 18.1 Å². The van der Waals surface area contributed by atoms with Crippen LogP contribution in [-0.2, 0) is 22.6 Å². The van der Waals surface area contributed by atoms with Gasteiger partial charge < -0.3 is 20.3 Å². The number of nitrogens with zero attached hydrogens (tertiary/aromatic N) is 1. The van der Waals surface area contributed by atoms with Crippen LogP contribution < -0.4 is 5.32 Å². The standard InChI is InChI=1S/C19H22N2O5/c1-13-7-9-17(22)16(20-13)11-15(8-10-18(23)24)21-19(25)26-12-14-5-3-2-4-6-14/h2-7,9,15,22H,8,10-12H2,1H3,(H,21,25)(H,23,24). The van der Waals surface area contributed by atoms with E-state index in [2.05, 4.69) is 10.3 Å². The fourth-order valence-corrected chi connectivity index (χ4v) is 2.44. The maximum Gasteiger partial charge on any atom is 0.407 e. The number of carboxylic acid groups (broad SMARTS) is 1. The predicted molar refractivity (Wildman–Crippen MR) is 94.8 cm³/mol. The Hall–Kier alpha value is -3.09. The Bertz CT molecular complexity index is 749. The normalized spacial score (nSPS) is 11.6. The largest absolute Gasteiger partial charge is 0.506 e. The number of carbonyl (C=O) groups excluding carboxylic acids is 1. The van der Waals surface area contributed by atoms with Gasteiger partial charge in [0.15, 0.2) is 0 Å². The van der Waals surface area contributed by atoms with Crippen LogP contribution in [0.4, 0.5) is 4.79 Å². The summed E-state index contributed by atoms with van der Waals surface area (Å²) in [5.74, 6) is -0.953. The molecule has 1 amide bonds. The van der Waals surface area contributed by atoms with Crippen molar-refractivity contribution in [3.8, 4) is 5.75 Å². The number of hydrogen-bond donors (Lipinski definition) is 3. The summed E-state index contributed by atoms with van der Waals surface area (Å²) in [7, 11) is 0. The lowest BCUT2D eigenvalue weighted by molar-refractivity contribution is -0.137. The molecule has 0 radical (unpaired) electrons. The molecule has 2 rings (SSSR count). The van der Waals surface area contributed by atoms with Gasteiger partial charge in [0.2, 0.25) is 0 Å². The third-order valence-electron chi connectivity index (χ3n) is 3.77. The van der Waals surface area contributed by atoms with Gasteiger partial charge in [0.1, 0.15) is 12.4 Å². The van der Waals surface area contributed by atoms with Gasteiger partial charge >= 0.3 is 12.1 Å². The third kappa shape index (κ3) is 6.43. The van der Waals surface area contributed by atoms with Crippen LogP contribution in [0.5, 0.6) is 5.75 Å². The first-order valence-electron chi connectivity index (χ1n) is 8.28. The molecule has 7 nitrogen and oxygen atoms in total. The number of aromatic nitrogens is 1. The van der Waals surface area contributed by atoms with Crippen LogP contribution in [0.15, 0.2) is 42.5 Å². The lowest BCUT2D eigenvalue weighted by Crippen LogP contribution is -2.37. The zero-order chi connectivity index (χ0) is 18.9. The molecule has 1 aromatic carbocycles. The van der Waals surface area contributed by atoms with Gasteiger partial charge in [0, 0.05) is 24.6 Å². The quantitative estimate of drug-likeness (QED) is 0.669. The Kier molecular flexibility index (Phi) is 6.96. The highest BCUT2D eigenvalue weighted by Crippen LogP contribution is 2.18. The summed E-state index contributed by atoms with van der Waals surface area (Å²) in [6.07, 6.45) is -0.348. The van der Waals surface area contributed by atoms with Crippen LogP contribution in [0.1, 0.15) is 29.8 Å². The molecule has 0 aliphatic rings. The first-order valence-corrected chi connectivity index (χ1v) is 8.28. The first kappa shape index (κ1) is 19.2. The van der Waals surface area contributed by atoms with Crippen LogP contribution >= 0.6 is 0 Å². The second-order valence-electron chi connectivity index (χ2n) is 5.96. The maximum absolute atomic E-state index is 12.0. The second kappa shape index (κ2) is 9.41. The van der Waals surface area contributed by atoms with Gasteiger partial charge in [-0.25, -0.2) is 4.79 Å². The molecule has 0 fully saturated rings. The van der Waals surface area contributed by atoms with Crippen LogP contribution in [0.25, 0.3) is 0 Å². The third-order valence-corrected chi connectivity index (χ3v) is 3.77. The lowest BCUT2D eigenvalue weighted by atomic mass is 10.0. The molecule has 0 aliphatic carbocycles. The monoisotopic (exact) mass is 358 g/mol. The van der Waals surface area contributed by atoms with Gasteiger partial charge in [-0.1, -0.05) is 30.3 Å².